The Hall–Kier alpha value is -0.500. The molecule has 2 rings (SSSR count). The van der Waals surface area contributed by atoms with Crippen LogP contribution >= 0.6 is 15.9 Å². The third-order valence-electron chi connectivity index (χ3n) is 2.79. The Morgan fingerprint density at radius 2 is 2.23 bits per heavy atom. The summed E-state index contributed by atoms with van der Waals surface area (Å²) in [7, 11) is 1.71. The van der Waals surface area contributed by atoms with Crippen molar-refractivity contribution >= 4 is 15.9 Å². The van der Waals surface area contributed by atoms with Gasteiger partial charge in [0.1, 0.15) is 5.75 Å². The van der Waals surface area contributed by atoms with Gasteiger partial charge in [-0.1, -0.05) is 6.92 Å². The van der Waals surface area contributed by atoms with E-state index in [0.717, 1.165) is 10.2 Å². The van der Waals surface area contributed by atoms with Crippen molar-refractivity contribution in [2.24, 2.45) is 0 Å². The lowest BCUT2D eigenvalue weighted by Gasteiger charge is -2.08. The van der Waals surface area contributed by atoms with Gasteiger partial charge in [0, 0.05) is 0 Å². The van der Waals surface area contributed by atoms with Gasteiger partial charge in [0.15, 0.2) is 0 Å². The zero-order chi connectivity index (χ0) is 9.42. The Bertz CT molecular complexity index is 333. The van der Waals surface area contributed by atoms with Crippen LogP contribution in [0.15, 0.2) is 16.6 Å². The van der Waals surface area contributed by atoms with E-state index in [1.807, 2.05) is 0 Å². The van der Waals surface area contributed by atoms with E-state index in [1.54, 1.807) is 7.11 Å². The van der Waals surface area contributed by atoms with Gasteiger partial charge >= 0.3 is 0 Å². The van der Waals surface area contributed by atoms with Crippen LogP contribution in [-0.2, 0) is 6.42 Å². The molecule has 0 aromatic heterocycles. The molecule has 1 nitrogen and oxygen atoms in total. The smallest absolute Gasteiger partial charge is 0.133 e. The molecular formula is C11H13BrO. The summed E-state index contributed by atoms with van der Waals surface area (Å²) in [6.07, 6.45) is 2.47. The van der Waals surface area contributed by atoms with Crippen LogP contribution in [0.4, 0.5) is 0 Å². The minimum Gasteiger partial charge on any atom is -0.496 e. The van der Waals surface area contributed by atoms with E-state index in [9.17, 15) is 0 Å². The average Bonchev–Trinajstić information content (AvgIpc) is 2.47. The summed E-state index contributed by atoms with van der Waals surface area (Å²) < 4.78 is 6.33. The first kappa shape index (κ1) is 9.07. The number of methoxy groups -OCH3 is 1. The van der Waals surface area contributed by atoms with Gasteiger partial charge in [-0.2, -0.15) is 0 Å². The molecule has 0 saturated heterocycles. The highest BCUT2D eigenvalue weighted by molar-refractivity contribution is 9.10. The normalized spacial score (nSPS) is 20.1. The van der Waals surface area contributed by atoms with Gasteiger partial charge in [-0.05, 0) is 57.9 Å². The molecule has 0 radical (unpaired) electrons. The van der Waals surface area contributed by atoms with E-state index >= 15 is 0 Å². The van der Waals surface area contributed by atoms with Crippen molar-refractivity contribution in [3.05, 3.63) is 27.7 Å². The van der Waals surface area contributed by atoms with E-state index in [-0.39, 0.29) is 0 Å². The zero-order valence-electron chi connectivity index (χ0n) is 7.93. The van der Waals surface area contributed by atoms with Crippen molar-refractivity contribution in [1.82, 2.24) is 0 Å². The summed E-state index contributed by atoms with van der Waals surface area (Å²) in [5, 5.41) is 0. The van der Waals surface area contributed by atoms with Gasteiger partial charge in [0.05, 0.1) is 11.6 Å². The molecule has 0 aliphatic heterocycles. The highest BCUT2D eigenvalue weighted by atomic mass is 79.9. The molecule has 0 bridgehead atoms. The van der Waals surface area contributed by atoms with E-state index in [2.05, 4.69) is 35.0 Å². The Balaban J connectivity index is 2.50. The Labute approximate surface area is 87.2 Å². The van der Waals surface area contributed by atoms with Gasteiger partial charge in [-0.3, -0.25) is 0 Å². The maximum Gasteiger partial charge on any atom is 0.133 e. The fourth-order valence-electron chi connectivity index (χ4n) is 1.97. The third-order valence-corrected chi connectivity index (χ3v) is 3.41. The van der Waals surface area contributed by atoms with Crippen molar-refractivity contribution < 1.29 is 4.74 Å². The number of aryl methyl sites for hydroxylation is 1. The number of rotatable bonds is 1. The number of halogens is 1. The van der Waals surface area contributed by atoms with Gasteiger partial charge < -0.3 is 4.74 Å². The second-order valence-electron chi connectivity index (χ2n) is 3.63. The van der Waals surface area contributed by atoms with E-state index in [4.69, 9.17) is 4.74 Å². The molecular weight excluding hydrogens is 228 g/mol. The minimum absolute atomic E-state index is 0.706. The molecule has 1 aromatic rings. The highest BCUT2D eigenvalue weighted by Gasteiger charge is 2.20. The van der Waals surface area contributed by atoms with Crippen molar-refractivity contribution in [1.29, 1.82) is 0 Å². The van der Waals surface area contributed by atoms with E-state index in [1.165, 1.54) is 24.0 Å². The summed E-state index contributed by atoms with van der Waals surface area (Å²) >= 11 is 3.51. The minimum atomic E-state index is 0.706. The molecule has 70 valence electrons. The fraction of sp³-hybridized carbons (Fsp3) is 0.455. The first-order valence-electron chi connectivity index (χ1n) is 4.58. The monoisotopic (exact) mass is 240 g/mol. The third kappa shape index (κ3) is 1.48. The predicted molar refractivity (Wildman–Crippen MR) is 57.4 cm³/mol. The van der Waals surface area contributed by atoms with Crippen LogP contribution in [0.1, 0.15) is 30.4 Å². The number of fused-ring (bicyclic) bond motifs is 1. The molecule has 0 fully saturated rings. The van der Waals surface area contributed by atoms with Crippen LogP contribution in [0.3, 0.4) is 0 Å². The van der Waals surface area contributed by atoms with Crippen LogP contribution in [0, 0.1) is 0 Å². The summed E-state index contributed by atoms with van der Waals surface area (Å²) in [4.78, 5) is 0. The molecule has 0 spiro atoms. The van der Waals surface area contributed by atoms with Crippen LogP contribution in [0.25, 0.3) is 0 Å². The summed E-state index contributed by atoms with van der Waals surface area (Å²) in [5.74, 6) is 1.66. The lowest BCUT2D eigenvalue weighted by molar-refractivity contribution is 0.411. The molecule has 0 amide bonds. The first-order valence-corrected chi connectivity index (χ1v) is 5.38. The van der Waals surface area contributed by atoms with Gasteiger partial charge in [-0.25, -0.2) is 0 Å². The average molecular weight is 241 g/mol. The molecule has 1 aromatic carbocycles. The Morgan fingerprint density at radius 1 is 1.46 bits per heavy atom. The molecule has 1 unspecified atom stereocenters. The number of ether oxygens (including phenoxy) is 1. The van der Waals surface area contributed by atoms with Crippen molar-refractivity contribution in [3.63, 3.8) is 0 Å². The molecule has 1 atom stereocenters. The molecule has 1 aliphatic rings. The lowest BCUT2D eigenvalue weighted by atomic mass is 10.0. The predicted octanol–water partition coefficient (Wildman–Crippen LogP) is 3.51. The van der Waals surface area contributed by atoms with Gasteiger partial charge in [0.25, 0.3) is 0 Å². The maximum atomic E-state index is 5.26. The molecule has 1 aliphatic carbocycles. The quantitative estimate of drug-likeness (QED) is 0.731. The number of hydrogen-bond donors (Lipinski definition) is 0. The van der Waals surface area contributed by atoms with Gasteiger partial charge in [-0.15, -0.1) is 0 Å². The van der Waals surface area contributed by atoms with Gasteiger partial charge in [0.2, 0.25) is 0 Å². The van der Waals surface area contributed by atoms with Crippen LogP contribution in [0.5, 0.6) is 5.75 Å². The molecule has 0 saturated carbocycles. The van der Waals surface area contributed by atoms with Crippen LogP contribution < -0.4 is 4.74 Å². The number of hydrogen-bond acceptors (Lipinski definition) is 1. The van der Waals surface area contributed by atoms with Crippen molar-refractivity contribution in [3.8, 4) is 5.75 Å². The summed E-state index contributed by atoms with van der Waals surface area (Å²) in [6, 6.07) is 4.36. The molecule has 2 heteroatoms. The SMILES string of the molecule is COc1cc2c(cc1Br)C(C)CC2. The second kappa shape index (κ2) is 3.33. The summed E-state index contributed by atoms with van der Waals surface area (Å²) in [6.45, 7) is 2.28. The standard InChI is InChI=1S/C11H13BrO/c1-7-3-4-8-5-11(13-2)10(12)6-9(7)8/h5-7H,3-4H2,1-2H3. The van der Waals surface area contributed by atoms with E-state index < -0.39 is 0 Å². The van der Waals surface area contributed by atoms with Crippen molar-refractivity contribution in [2.45, 2.75) is 25.7 Å². The summed E-state index contributed by atoms with van der Waals surface area (Å²) in [5.41, 5.74) is 2.93. The Kier molecular flexibility index (Phi) is 2.33. The maximum absolute atomic E-state index is 5.26. The number of benzene rings is 1. The molecule has 13 heavy (non-hydrogen) atoms. The first-order chi connectivity index (χ1) is 6.22. The Morgan fingerprint density at radius 3 is 2.92 bits per heavy atom. The second-order valence-corrected chi connectivity index (χ2v) is 4.48. The fourth-order valence-corrected chi connectivity index (χ4v) is 2.49. The topological polar surface area (TPSA) is 9.23 Å². The van der Waals surface area contributed by atoms with Crippen LogP contribution in [-0.4, -0.2) is 7.11 Å². The van der Waals surface area contributed by atoms with E-state index in [0.29, 0.717) is 5.92 Å². The molecule has 0 N–H and O–H groups in total. The largest absolute Gasteiger partial charge is 0.496 e. The lowest BCUT2D eigenvalue weighted by Crippen LogP contribution is -1.90. The van der Waals surface area contributed by atoms with Crippen LogP contribution in [0.2, 0.25) is 0 Å². The zero-order valence-corrected chi connectivity index (χ0v) is 9.52. The highest BCUT2D eigenvalue weighted by Crippen LogP contribution is 2.38. The van der Waals surface area contributed by atoms with Crippen molar-refractivity contribution in [2.75, 3.05) is 7.11 Å². The molecule has 0 heterocycles.